The van der Waals surface area contributed by atoms with E-state index in [9.17, 15) is 9.59 Å². The molecule has 0 fully saturated rings. The summed E-state index contributed by atoms with van der Waals surface area (Å²) in [5.41, 5.74) is 2.00. The maximum atomic E-state index is 12.2. The number of amides is 1. The number of carbonyl (C=O) groups is 1. The molecule has 0 aliphatic carbocycles. The van der Waals surface area contributed by atoms with Crippen molar-refractivity contribution in [2.75, 3.05) is 11.1 Å². The summed E-state index contributed by atoms with van der Waals surface area (Å²) in [6.45, 7) is 3.60. The third-order valence-electron chi connectivity index (χ3n) is 3.45. The van der Waals surface area contributed by atoms with Gasteiger partial charge in [0.1, 0.15) is 5.69 Å². The van der Waals surface area contributed by atoms with Crippen LogP contribution in [0.2, 0.25) is 0 Å². The molecule has 0 unspecified atom stereocenters. The van der Waals surface area contributed by atoms with Gasteiger partial charge in [-0.1, -0.05) is 40.5 Å². The van der Waals surface area contributed by atoms with Gasteiger partial charge in [-0.05, 0) is 31.5 Å². The number of nitrogens with one attached hydrogen (secondary N) is 1. The highest BCUT2D eigenvalue weighted by Crippen LogP contribution is 2.27. The zero-order chi connectivity index (χ0) is 18.3. The van der Waals surface area contributed by atoms with E-state index < -0.39 is 0 Å². The second-order valence-electron chi connectivity index (χ2n) is 5.48. The topological polar surface area (TPSA) is 102 Å². The van der Waals surface area contributed by atoms with Gasteiger partial charge in [0, 0.05) is 0 Å². The molecule has 132 valence electrons. The molecule has 4 rings (SSSR count). The van der Waals surface area contributed by atoms with Crippen molar-refractivity contribution in [1.29, 1.82) is 0 Å². The highest BCUT2D eigenvalue weighted by molar-refractivity contribution is 8.01. The van der Waals surface area contributed by atoms with Crippen LogP contribution < -0.4 is 10.9 Å². The molecule has 3 heterocycles. The molecule has 0 bridgehead atoms. The van der Waals surface area contributed by atoms with Crippen molar-refractivity contribution < 1.29 is 4.79 Å². The van der Waals surface area contributed by atoms with Crippen LogP contribution in [0.5, 0.6) is 0 Å². The number of aryl methyl sites for hydroxylation is 2. The number of benzene rings is 1. The molecule has 8 nitrogen and oxygen atoms in total. The quantitative estimate of drug-likeness (QED) is 0.521. The van der Waals surface area contributed by atoms with Gasteiger partial charge >= 0.3 is 0 Å². The third kappa shape index (κ3) is 3.32. The van der Waals surface area contributed by atoms with E-state index in [4.69, 9.17) is 0 Å². The molecule has 0 radical (unpaired) electrons. The predicted octanol–water partition coefficient (Wildman–Crippen LogP) is 2.50. The van der Waals surface area contributed by atoms with E-state index in [1.54, 1.807) is 6.92 Å². The molecule has 3 aromatic heterocycles. The summed E-state index contributed by atoms with van der Waals surface area (Å²) in [4.78, 5) is 28.9. The van der Waals surface area contributed by atoms with E-state index in [1.165, 1.54) is 39.0 Å². The lowest BCUT2D eigenvalue weighted by atomic mass is 10.2. The Morgan fingerprint density at radius 2 is 2.12 bits per heavy atom. The van der Waals surface area contributed by atoms with Crippen LogP contribution in [0.25, 0.3) is 15.2 Å². The maximum absolute atomic E-state index is 12.2. The van der Waals surface area contributed by atoms with Crippen LogP contribution in [-0.2, 0) is 4.79 Å². The minimum Gasteiger partial charge on any atom is -0.301 e. The van der Waals surface area contributed by atoms with Gasteiger partial charge < -0.3 is 5.32 Å². The van der Waals surface area contributed by atoms with Crippen molar-refractivity contribution in [2.24, 2.45) is 0 Å². The molecule has 0 spiro atoms. The fourth-order valence-corrected chi connectivity index (χ4v) is 4.85. The summed E-state index contributed by atoms with van der Waals surface area (Å²) in [5.74, 6) is -0.0182. The number of nitrogens with zero attached hydrogens (tertiary/aromatic N) is 5. The molecule has 1 amide bonds. The highest BCUT2D eigenvalue weighted by atomic mass is 32.2. The number of anilines is 1. The molecule has 0 aliphatic heterocycles. The van der Waals surface area contributed by atoms with E-state index in [0.717, 1.165) is 15.8 Å². The summed E-state index contributed by atoms with van der Waals surface area (Å²) in [6.07, 6.45) is 0. The van der Waals surface area contributed by atoms with Crippen LogP contribution in [-0.4, -0.2) is 36.5 Å². The lowest BCUT2D eigenvalue weighted by Crippen LogP contribution is -2.19. The molecule has 0 aliphatic rings. The summed E-state index contributed by atoms with van der Waals surface area (Å²) in [6, 6.07) is 5.97. The zero-order valence-corrected chi connectivity index (χ0v) is 16.2. The molecular weight excluding hydrogens is 392 g/mol. The normalized spacial score (nSPS) is 11.3. The number of thiazole rings is 1. The van der Waals surface area contributed by atoms with Crippen molar-refractivity contribution >= 4 is 60.7 Å². The Bertz CT molecular complexity index is 1200. The van der Waals surface area contributed by atoms with Gasteiger partial charge in [0.05, 0.1) is 16.0 Å². The van der Waals surface area contributed by atoms with E-state index in [-0.39, 0.29) is 22.9 Å². The van der Waals surface area contributed by atoms with Crippen molar-refractivity contribution in [3.8, 4) is 0 Å². The number of carbonyl (C=O) groups excluding carboxylic acids is 1. The van der Waals surface area contributed by atoms with Crippen molar-refractivity contribution in [3.05, 3.63) is 39.8 Å². The summed E-state index contributed by atoms with van der Waals surface area (Å²) >= 11 is 3.90. The van der Waals surface area contributed by atoms with Gasteiger partial charge in [-0.2, -0.15) is 4.52 Å². The van der Waals surface area contributed by atoms with Crippen LogP contribution >= 0.6 is 34.4 Å². The van der Waals surface area contributed by atoms with E-state index in [1.807, 2.05) is 25.1 Å². The largest absolute Gasteiger partial charge is 0.301 e. The maximum Gasteiger partial charge on any atom is 0.296 e. The van der Waals surface area contributed by atoms with Crippen LogP contribution in [0.3, 0.4) is 0 Å². The molecule has 0 saturated heterocycles. The second kappa shape index (κ2) is 6.74. The van der Waals surface area contributed by atoms with Crippen molar-refractivity contribution in [3.63, 3.8) is 0 Å². The number of aromatic nitrogens is 5. The Morgan fingerprint density at radius 1 is 1.27 bits per heavy atom. The first-order valence-electron chi connectivity index (χ1n) is 7.52. The van der Waals surface area contributed by atoms with E-state index in [0.29, 0.717) is 14.4 Å². The smallest absolute Gasteiger partial charge is 0.296 e. The van der Waals surface area contributed by atoms with Gasteiger partial charge in [0.15, 0.2) is 9.47 Å². The van der Waals surface area contributed by atoms with Crippen LogP contribution in [0, 0.1) is 13.8 Å². The van der Waals surface area contributed by atoms with Gasteiger partial charge in [0.25, 0.3) is 5.56 Å². The van der Waals surface area contributed by atoms with E-state index in [2.05, 4.69) is 25.6 Å². The number of hydrogen-bond donors (Lipinski definition) is 1. The SMILES string of the molecule is Cc1ccc2nc(NC(=O)CSc3nn4c(=O)c(C)nnc4s3)sc2c1. The Labute approximate surface area is 159 Å². The number of fused-ring (bicyclic) bond motifs is 2. The Hall–Kier alpha value is -2.37. The van der Waals surface area contributed by atoms with Crippen molar-refractivity contribution in [2.45, 2.75) is 18.2 Å². The first-order chi connectivity index (χ1) is 12.5. The average Bonchev–Trinajstić information content (AvgIpc) is 3.19. The minimum atomic E-state index is -0.299. The highest BCUT2D eigenvalue weighted by Gasteiger charge is 2.13. The van der Waals surface area contributed by atoms with Crippen LogP contribution in [0.15, 0.2) is 27.3 Å². The molecule has 26 heavy (non-hydrogen) atoms. The van der Waals surface area contributed by atoms with Gasteiger partial charge in [-0.25, -0.2) is 4.98 Å². The Kier molecular flexibility index (Phi) is 4.42. The standard InChI is InChI=1S/C15H12N6O2S3/c1-7-3-4-9-10(5-7)25-13(16-9)17-11(22)6-24-15-20-21-12(23)8(2)18-19-14(21)26-15/h3-5H,6H2,1-2H3,(H,16,17,22). The Balaban J connectivity index is 1.45. The van der Waals surface area contributed by atoms with Gasteiger partial charge in [-0.15, -0.1) is 15.3 Å². The summed E-state index contributed by atoms with van der Waals surface area (Å²) in [7, 11) is 0. The second-order valence-corrected chi connectivity index (χ2v) is 8.69. The fourth-order valence-electron chi connectivity index (χ4n) is 2.20. The molecule has 1 N–H and O–H groups in total. The van der Waals surface area contributed by atoms with Crippen molar-refractivity contribution in [1.82, 2.24) is 24.8 Å². The fraction of sp³-hybridized carbons (Fsp3) is 0.200. The minimum absolute atomic E-state index is 0.163. The van der Waals surface area contributed by atoms with Crippen LogP contribution in [0.4, 0.5) is 5.13 Å². The summed E-state index contributed by atoms with van der Waals surface area (Å²) in [5, 5.41) is 15.3. The average molecular weight is 405 g/mol. The first-order valence-corrected chi connectivity index (χ1v) is 10.1. The number of rotatable bonds is 4. The zero-order valence-electron chi connectivity index (χ0n) is 13.7. The molecule has 4 aromatic rings. The van der Waals surface area contributed by atoms with E-state index >= 15 is 0 Å². The summed E-state index contributed by atoms with van der Waals surface area (Å²) < 4.78 is 2.83. The molecule has 0 atom stereocenters. The lowest BCUT2D eigenvalue weighted by Gasteiger charge is -1.98. The number of hydrogen-bond acceptors (Lipinski definition) is 9. The van der Waals surface area contributed by atoms with Gasteiger partial charge in [-0.3, -0.25) is 9.59 Å². The third-order valence-corrected chi connectivity index (χ3v) is 6.41. The molecule has 11 heteroatoms. The monoisotopic (exact) mass is 404 g/mol. The lowest BCUT2D eigenvalue weighted by molar-refractivity contribution is -0.113. The number of thioether (sulfide) groups is 1. The van der Waals surface area contributed by atoms with Crippen LogP contribution in [0.1, 0.15) is 11.3 Å². The van der Waals surface area contributed by atoms with Gasteiger partial charge in [0.2, 0.25) is 10.9 Å². The molecule has 0 saturated carbocycles. The first kappa shape index (κ1) is 17.1. The molecular formula is C15H12N6O2S3. The Morgan fingerprint density at radius 3 is 2.96 bits per heavy atom. The molecule has 1 aromatic carbocycles. The predicted molar refractivity (Wildman–Crippen MR) is 103 cm³/mol.